The molecule has 7 aromatic carbocycles. The third-order valence-electron chi connectivity index (χ3n) is 8.62. The molecule has 0 saturated heterocycles. The highest BCUT2D eigenvalue weighted by Gasteiger charge is 2.19. The maximum Gasteiger partial charge on any atom is 0.0978 e. The van der Waals surface area contributed by atoms with Crippen LogP contribution in [0.1, 0.15) is 0 Å². The van der Waals surface area contributed by atoms with Crippen LogP contribution in [0.5, 0.6) is 0 Å². The van der Waals surface area contributed by atoms with Gasteiger partial charge >= 0.3 is 0 Å². The Hall–Kier alpha value is -5.60. The molecule has 0 atom stereocenters. The van der Waals surface area contributed by atoms with Gasteiger partial charge in [0.1, 0.15) is 0 Å². The second-order valence-corrected chi connectivity index (χ2v) is 11.0. The van der Waals surface area contributed by atoms with E-state index in [1.54, 1.807) is 0 Å². The van der Waals surface area contributed by atoms with Crippen molar-refractivity contribution in [3.8, 4) is 22.4 Å². The number of benzene rings is 7. The van der Waals surface area contributed by atoms with Gasteiger partial charge in [-0.1, -0.05) is 115 Å². The van der Waals surface area contributed by atoms with Gasteiger partial charge in [-0.2, -0.15) is 0 Å². The zero-order valence-electron chi connectivity index (χ0n) is 22.8. The molecule has 0 unspecified atom stereocenters. The minimum absolute atomic E-state index is 0.923. The van der Waals surface area contributed by atoms with E-state index >= 15 is 0 Å². The van der Waals surface area contributed by atoms with Crippen LogP contribution in [-0.2, 0) is 0 Å². The lowest BCUT2D eigenvalue weighted by Gasteiger charge is -2.18. The molecule has 42 heavy (non-hydrogen) atoms. The predicted octanol–water partition coefficient (Wildman–Crippen LogP) is 10.7. The highest BCUT2D eigenvalue weighted by atomic mass is 14.8. The van der Waals surface area contributed by atoms with Crippen molar-refractivity contribution < 1.29 is 0 Å². The first-order chi connectivity index (χ1) is 20.8. The Labute approximate surface area is 242 Å². The van der Waals surface area contributed by atoms with E-state index in [9.17, 15) is 0 Å². The van der Waals surface area contributed by atoms with Crippen LogP contribution in [0, 0.1) is 0 Å². The summed E-state index contributed by atoms with van der Waals surface area (Å²) in [4.78, 5) is 10.3. The largest absolute Gasteiger partial charge is 0.254 e. The average molecular weight is 533 g/mol. The van der Waals surface area contributed by atoms with Crippen LogP contribution in [0.4, 0.5) is 0 Å². The van der Waals surface area contributed by atoms with Crippen molar-refractivity contribution >= 4 is 64.9 Å². The summed E-state index contributed by atoms with van der Waals surface area (Å²) in [6.07, 6.45) is 1.87. The number of nitrogens with zero attached hydrogens (tertiary/aromatic N) is 2. The number of aromatic nitrogens is 2. The predicted molar refractivity (Wildman–Crippen MR) is 178 cm³/mol. The van der Waals surface area contributed by atoms with Gasteiger partial charge in [-0.15, -0.1) is 0 Å². The van der Waals surface area contributed by atoms with Crippen molar-refractivity contribution in [2.75, 3.05) is 0 Å². The molecular weight excluding hydrogens is 508 g/mol. The van der Waals surface area contributed by atoms with Crippen LogP contribution in [-0.4, -0.2) is 9.97 Å². The summed E-state index contributed by atoms with van der Waals surface area (Å²) in [5, 5.41) is 11.9. The van der Waals surface area contributed by atoms with E-state index in [4.69, 9.17) is 9.97 Å². The Bertz CT molecular complexity index is 2420. The lowest BCUT2D eigenvalue weighted by Crippen LogP contribution is -1.95. The molecule has 0 amide bonds. The Morgan fingerprint density at radius 3 is 1.43 bits per heavy atom. The van der Waals surface area contributed by atoms with E-state index in [0.29, 0.717) is 0 Å². The fraction of sp³-hybridized carbons (Fsp3) is 0. The van der Waals surface area contributed by atoms with E-state index in [2.05, 4.69) is 133 Å². The Kier molecular flexibility index (Phi) is 4.93. The standard InChI is InChI=1S/C40H24N2/c1-5-15-30-26(10-1)22-27-11-2-6-16-31(27)37(30)35-24-36(42-40-34(35)20-19-25-14-9-21-41-39(25)40)38-32-17-7-3-12-28(32)23-29-13-4-8-18-33(29)38/h1-24H. The third-order valence-corrected chi connectivity index (χ3v) is 8.62. The van der Waals surface area contributed by atoms with Crippen molar-refractivity contribution in [2.45, 2.75) is 0 Å². The molecule has 0 spiro atoms. The molecular formula is C40H24N2. The van der Waals surface area contributed by atoms with Crippen LogP contribution < -0.4 is 0 Å². The molecule has 0 N–H and O–H groups in total. The van der Waals surface area contributed by atoms with Crippen molar-refractivity contribution in [3.63, 3.8) is 0 Å². The first-order valence-corrected chi connectivity index (χ1v) is 14.3. The Morgan fingerprint density at radius 2 is 0.857 bits per heavy atom. The van der Waals surface area contributed by atoms with Gasteiger partial charge < -0.3 is 0 Å². The highest BCUT2D eigenvalue weighted by molar-refractivity contribution is 6.20. The van der Waals surface area contributed by atoms with Gasteiger partial charge in [0.05, 0.1) is 16.7 Å². The lowest BCUT2D eigenvalue weighted by atomic mass is 9.88. The van der Waals surface area contributed by atoms with E-state index in [-0.39, 0.29) is 0 Å². The molecule has 0 fully saturated rings. The number of hydrogen-bond acceptors (Lipinski definition) is 2. The average Bonchev–Trinajstić information content (AvgIpc) is 3.05. The summed E-state index contributed by atoms with van der Waals surface area (Å²) in [7, 11) is 0. The summed E-state index contributed by atoms with van der Waals surface area (Å²) < 4.78 is 0. The Morgan fingerprint density at radius 1 is 0.357 bits per heavy atom. The van der Waals surface area contributed by atoms with Gasteiger partial charge in [-0.3, -0.25) is 4.98 Å². The van der Waals surface area contributed by atoms with E-state index in [0.717, 1.165) is 33.1 Å². The number of rotatable bonds is 2. The van der Waals surface area contributed by atoms with E-state index < -0.39 is 0 Å². The van der Waals surface area contributed by atoms with Gasteiger partial charge in [0.25, 0.3) is 0 Å². The lowest BCUT2D eigenvalue weighted by molar-refractivity contribution is 1.38. The first-order valence-electron chi connectivity index (χ1n) is 14.3. The van der Waals surface area contributed by atoms with Crippen LogP contribution in [0.3, 0.4) is 0 Å². The second-order valence-electron chi connectivity index (χ2n) is 11.0. The van der Waals surface area contributed by atoms with Crippen LogP contribution >= 0.6 is 0 Å². The monoisotopic (exact) mass is 532 g/mol. The second kappa shape index (κ2) is 8.95. The molecule has 0 radical (unpaired) electrons. The summed E-state index contributed by atoms with van der Waals surface area (Å²) in [5.41, 5.74) is 6.37. The molecule has 0 aliphatic rings. The van der Waals surface area contributed by atoms with Gasteiger partial charge in [0.15, 0.2) is 0 Å². The molecule has 2 heteroatoms. The van der Waals surface area contributed by atoms with Gasteiger partial charge in [-0.05, 0) is 78.5 Å². The van der Waals surface area contributed by atoms with Crippen LogP contribution in [0.15, 0.2) is 146 Å². The normalized spacial score (nSPS) is 11.8. The molecule has 2 aromatic heterocycles. The third kappa shape index (κ3) is 3.39. The highest BCUT2D eigenvalue weighted by Crippen LogP contribution is 2.44. The van der Waals surface area contributed by atoms with E-state index in [1.165, 1.54) is 54.2 Å². The van der Waals surface area contributed by atoms with Crippen molar-refractivity contribution in [1.29, 1.82) is 0 Å². The summed E-state index contributed by atoms with van der Waals surface area (Å²) in [6.45, 7) is 0. The van der Waals surface area contributed by atoms with Crippen molar-refractivity contribution in [1.82, 2.24) is 9.97 Å². The number of hydrogen-bond donors (Lipinski definition) is 0. The Balaban J connectivity index is 1.52. The summed E-state index contributed by atoms with van der Waals surface area (Å²) >= 11 is 0. The molecule has 0 aliphatic heterocycles. The summed E-state index contributed by atoms with van der Waals surface area (Å²) in [5.74, 6) is 0. The smallest absolute Gasteiger partial charge is 0.0978 e. The van der Waals surface area contributed by atoms with Gasteiger partial charge in [0.2, 0.25) is 0 Å². The summed E-state index contributed by atoms with van der Waals surface area (Å²) in [6, 6.07) is 50.2. The molecule has 9 aromatic rings. The molecule has 2 heterocycles. The van der Waals surface area contributed by atoms with E-state index in [1.807, 2.05) is 12.3 Å². The molecule has 194 valence electrons. The fourth-order valence-electron chi connectivity index (χ4n) is 6.76. The van der Waals surface area contributed by atoms with Gasteiger partial charge in [-0.25, -0.2) is 4.98 Å². The van der Waals surface area contributed by atoms with Crippen molar-refractivity contribution in [3.05, 3.63) is 146 Å². The zero-order valence-corrected chi connectivity index (χ0v) is 22.8. The molecule has 0 saturated carbocycles. The quantitative estimate of drug-likeness (QED) is 0.163. The fourth-order valence-corrected chi connectivity index (χ4v) is 6.76. The van der Waals surface area contributed by atoms with Crippen LogP contribution in [0.25, 0.3) is 87.3 Å². The minimum atomic E-state index is 0.923. The topological polar surface area (TPSA) is 25.8 Å². The van der Waals surface area contributed by atoms with Crippen LogP contribution in [0.2, 0.25) is 0 Å². The minimum Gasteiger partial charge on any atom is -0.254 e. The number of fused-ring (bicyclic) bond motifs is 7. The molecule has 0 aliphatic carbocycles. The van der Waals surface area contributed by atoms with Gasteiger partial charge in [0, 0.05) is 22.5 Å². The maximum absolute atomic E-state index is 5.46. The molecule has 0 bridgehead atoms. The molecule has 2 nitrogen and oxygen atoms in total. The molecule has 9 rings (SSSR count). The SMILES string of the molecule is c1ccc2c(-c3cc(-c4c5ccccc5cc5ccccc45)c4ccc5cccnc5c4n3)c3ccccc3cc2c1. The zero-order chi connectivity index (χ0) is 27.6. The number of pyridine rings is 2. The first kappa shape index (κ1) is 23.1. The van der Waals surface area contributed by atoms with Crippen molar-refractivity contribution in [2.24, 2.45) is 0 Å². The maximum atomic E-state index is 5.46.